The van der Waals surface area contributed by atoms with Gasteiger partial charge >= 0.3 is 0 Å². The van der Waals surface area contributed by atoms with Crippen LogP contribution < -0.4 is 4.90 Å². The second-order valence-corrected chi connectivity index (χ2v) is 10.9. The highest BCUT2D eigenvalue weighted by Gasteiger charge is 2.21. The topological polar surface area (TPSA) is 3.24 Å². The van der Waals surface area contributed by atoms with Crippen LogP contribution in [0.25, 0.3) is 0 Å². The van der Waals surface area contributed by atoms with E-state index in [1.165, 1.54) is 23.3 Å². The van der Waals surface area contributed by atoms with Crippen molar-refractivity contribution in [3.63, 3.8) is 0 Å². The largest absolute Gasteiger partial charge is 0.309 e. The van der Waals surface area contributed by atoms with Crippen molar-refractivity contribution in [1.29, 1.82) is 0 Å². The molecule has 0 saturated carbocycles. The van der Waals surface area contributed by atoms with E-state index in [0.29, 0.717) is 15.2 Å². The molecule has 0 aliphatic carbocycles. The highest BCUT2D eigenvalue weighted by atomic mass is 79.9. The monoisotopic (exact) mass is 487 g/mol. The van der Waals surface area contributed by atoms with Gasteiger partial charge in [-0.15, -0.1) is 0 Å². The number of anilines is 3. The molecule has 0 spiro atoms. The molecule has 0 aliphatic rings. The lowest BCUT2D eigenvalue weighted by atomic mass is 9.86. The van der Waals surface area contributed by atoms with Gasteiger partial charge in [0.05, 0.1) is 10.7 Å². The molecule has 0 aromatic heterocycles. The lowest BCUT2D eigenvalue weighted by Gasteiger charge is -2.29. The van der Waals surface area contributed by atoms with Gasteiger partial charge in [-0.25, -0.2) is 4.39 Å². The van der Waals surface area contributed by atoms with Crippen molar-refractivity contribution in [1.82, 2.24) is 0 Å². The van der Waals surface area contributed by atoms with Gasteiger partial charge in [0.15, 0.2) is 0 Å². The molecule has 0 amide bonds. The Kier molecular flexibility index (Phi) is 6.36. The Labute approximate surface area is 193 Å². The molecule has 0 unspecified atom stereocenters. The molecule has 0 fully saturated rings. The fourth-order valence-corrected chi connectivity index (χ4v) is 3.97. The van der Waals surface area contributed by atoms with Crippen LogP contribution in [0.5, 0.6) is 0 Å². The first kappa shape index (κ1) is 22.8. The first-order valence-electron chi connectivity index (χ1n) is 10.0. The normalized spacial score (nSPS) is 12.2. The summed E-state index contributed by atoms with van der Waals surface area (Å²) < 4.78 is 14.9. The molecule has 0 radical (unpaired) electrons. The van der Waals surface area contributed by atoms with E-state index in [1.54, 1.807) is 0 Å². The molecule has 3 rings (SSSR count). The summed E-state index contributed by atoms with van der Waals surface area (Å²) in [5.74, 6) is -0.344. The van der Waals surface area contributed by atoms with Crippen LogP contribution in [0.3, 0.4) is 0 Å². The quantitative estimate of drug-likeness (QED) is 0.332. The van der Waals surface area contributed by atoms with Gasteiger partial charge in [0.25, 0.3) is 0 Å². The maximum Gasteiger partial charge on any atom is 0.126 e. The van der Waals surface area contributed by atoms with E-state index in [9.17, 15) is 4.39 Å². The smallest absolute Gasteiger partial charge is 0.126 e. The first-order chi connectivity index (χ1) is 13.9. The van der Waals surface area contributed by atoms with Gasteiger partial charge in [-0.2, -0.15) is 0 Å². The minimum atomic E-state index is -0.344. The van der Waals surface area contributed by atoms with Crippen LogP contribution in [0, 0.1) is 5.82 Å². The molecule has 0 N–H and O–H groups in total. The standard InChI is InChI=1S/C26H28BrClFN/c1-25(2,3)17-7-11-20(12-8-17)30(23-16-19(29)15-22(27)24(23)28)21-13-9-18(10-14-21)26(4,5)6/h7-16H,1-6H3. The molecule has 3 aromatic carbocycles. The van der Waals surface area contributed by atoms with Crippen LogP contribution in [0.1, 0.15) is 52.7 Å². The molecule has 0 atom stereocenters. The average molecular weight is 489 g/mol. The zero-order chi connectivity index (χ0) is 22.3. The van der Waals surface area contributed by atoms with Crippen molar-refractivity contribution >= 4 is 44.6 Å². The Bertz CT molecular complexity index is 971. The van der Waals surface area contributed by atoms with Crippen LogP contribution in [-0.4, -0.2) is 0 Å². The van der Waals surface area contributed by atoms with E-state index in [1.807, 2.05) is 4.90 Å². The number of hydrogen-bond donors (Lipinski definition) is 0. The first-order valence-corrected chi connectivity index (χ1v) is 11.2. The number of halogens is 3. The fourth-order valence-electron chi connectivity index (χ4n) is 3.35. The van der Waals surface area contributed by atoms with Gasteiger partial charge < -0.3 is 4.90 Å². The fraction of sp³-hybridized carbons (Fsp3) is 0.308. The van der Waals surface area contributed by atoms with Gasteiger partial charge in [-0.05, 0) is 74.3 Å². The van der Waals surface area contributed by atoms with Crippen LogP contribution in [0.2, 0.25) is 5.02 Å². The highest BCUT2D eigenvalue weighted by molar-refractivity contribution is 9.10. The molecule has 0 bridgehead atoms. The maximum absolute atomic E-state index is 14.3. The summed E-state index contributed by atoms with van der Waals surface area (Å²) in [6.45, 7) is 13.1. The van der Waals surface area contributed by atoms with Crippen LogP contribution >= 0.6 is 27.5 Å². The second kappa shape index (κ2) is 8.36. The van der Waals surface area contributed by atoms with Crippen molar-refractivity contribution in [2.75, 3.05) is 4.90 Å². The minimum Gasteiger partial charge on any atom is -0.309 e. The van der Waals surface area contributed by atoms with Gasteiger partial charge in [0.1, 0.15) is 5.82 Å². The summed E-state index contributed by atoms with van der Waals surface area (Å²) >= 11 is 10.00. The molecule has 158 valence electrons. The molecule has 0 aliphatic heterocycles. The van der Waals surface area contributed by atoms with E-state index in [0.717, 1.165) is 11.4 Å². The van der Waals surface area contributed by atoms with Gasteiger partial charge in [-0.1, -0.05) is 77.4 Å². The Balaban J connectivity index is 2.17. The van der Waals surface area contributed by atoms with E-state index in [2.05, 4.69) is 106 Å². The van der Waals surface area contributed by atoms with E-state index in [-0.39, 0.29) is 16.6 Å². The summed E-state index contributed by atoms with van der Waals surface area (Å²) in [7, 11) is 0. The van der Waals surface area contributed by atoms with Crippen LogP contribution in [0.4, 0.5) is 21.5 Å². The number of benzene rings is 3. The van der Waals surface area contributed by atoms with Crippen molar-refractivity contribution < 1.29 is 4.39 Å². The minimum absolute atomic E-state index is 0.0528. The third-order valence-electron chi connectivity index (χ3n) is 5.20. The molecular weight excluding hydrogens is 461 g/mol. The van der Waals surface area contributed by atoms with E-state index >= 15 is 0 Å². The SMILES string of the molecule is CC(C)(C)c1ccc(N(c2ccc(C(C)(C)C)cc2)c2cc(F)cc(Br)c2Cl)cc1. The van der Waals surface area contributed by atoms with Crippen LogP contribution in [0.15, 0.2) is 65.1 Å². The lowest BCUT2D eigenvalue weighted by molar-refractivity contribution is 0.590. The molecule has 30 heavy (non-hydrogen) atoms. The summed E-state index contributed by atoms with van der Waals surface area (Å²) in [6, 6.07) is 19.6. The molecule has 0 heterocycles. The lowest BCUT2D eigenvalue weighted by Crippen LogP contribution is -2.15. The highest BCUT2D eigenvalue weighted by Crippen LogP contribution is 2.43. The average Bonchev–Trinajstić information content (AvgIpc) is 2.65. The summed E-state index contributed by atoms with van der Waals surface area (Å²) in [4.78, 5) is 2.00. The predicted molar refractivity (Wildman–Crippen MR) is 131 cm³/mol. The van der Waals surface area contributed by atoms with Crippen molar-refractivity contribution in [2.24, 2.45) is 0 Å². The summed E-state index contributed by atoms with van der Waals surface area (Å²) in [6.07, 6.45) is 0. The van der Waals surface area contributed by atoms with Crippen LogP contribution in [-0.2, 0) is 10.8 Å². The maximum atomic E-state index is 14.3. The Morgan fingerprint density at radius 3 is 1.50 bits per heavy atom. The summed E-state index contributed by atoms with van der Waals surface area (Å²) in [5.41, 5.74) is 5.02. The zero-order valence-corrected chi connectivity index (χ0v) is 20.7. The molecule has 0 saturated heterocycles. The Morgan fingerprint density at radius 1 is 0.733 bits per heavy atom. The second-order valence-electron chi connectivity index (χ2n) is 9.65. The number of nitrogens with zero attached hydrogens (tertiary/aromatic N) is 1. The number of hydrogen-bond acceptors (Lipinski definition) is 1. The number of rotatable bonds is 3. The molecule has 1 nitrogen and oxygen atoms in total. The van der Waals surface area contributed by atoms with Gasteiger partial charge in [-0.3, -0.25) is 0 Å². The summed E-state index contributed by atoms with van der Waals surface area (Å²) in [5, 5.41) is 0.469. The third-order valence-corrected chi connectivity index (χ3v) is 6.45. The molecular formula is C26H28BrClFN. The van der Waals surface area contributed by atoms with Crippen molar-refractivity contribution in [3.05, 3.63) is 87.1 Å². The zero-order valence-electron chi connectivity index (χ0n) is 18.4. The molecule has 3 aromatic rings. The van der Waals surface area contributed by atoms with Gasteiger partial charge in [0, 0.05) is 15.8 Å². The third kappa shape index (κ3) is 4.90. The Morgan fingerprint density at radius 2 is 1.13 bits per heavy atom. The van der Waals surface area contributed by atoms with E-state index in [4.69, 9.17) is 11.6 Å². The van der Waals surface area contributed by atoms with Gasteiger partial charge in [0.2, 0.25) is 0 Å². The molecule has 4 heteroatoms. The van der Waals surface area contributed by atoms with Crippen molar-refractivity contribution in [2.45, 2.75) is 52.4 Å². The van der Waals surface area contributed by atoms with Crippen molar-refractivity contribution in [3.8, 4) is 0 Å². The van der Waals surface area contributed by atoms with E-state index < -0.39 is 0 Å². The predicted octanol–water partition coefficient (Wildman–Crippen LogP) is 9.31. The Hall–Kier alpha value is -1.84.